The van der Waals surface area contributed by atoms with Crippen LogP contribution in [0.4, 0.5) is 5.69 Å². The molecule has 21 heavy (non-hydrogen) atoms. The Morgan fingerprint density at radius 2 is 1.95 bits per heavy atom. The molecular formula is C12H10BrClN2O3S2. The molecule has 1 aromatic heterocycles. The molecule has 0 radical (unpaired) electrons. The molecule has 9 heteroatoms. The van der Waals surface area contributed by atoms with Gasteiger partial charge in [-0.3, -0.25) is 9.52 Å². The number of halogens is 2. The maximum absolute atomic E-state index is 12.2. The number of benzene rings is 1. The summed E-state index contributed by atoms with van der Waals surface area (Å²) in [5.74, 6) is -0.443. The maximum atomic E-state index is 12.2. The lowest BCUT2D eigenvalue weighted by atomic mass is 10.1. The molecule has 1 amide bonds. The van der Waals surface area contributed by atoms with Gasteiger partial charge in [0.1, 0.15) is 4.21 Å². The van der Waals surface area contributed by atoms with Crippen LogP contribution >= 0.6 is 38.9 Å². The Balaban J connectivity index is 2.18. The zero-order chi connectivity index (χ0) is 15.6. The lowest BCUT2D eigenvalue weighted by Crippen LogP contribution is -2.14. The van der Waals surface area contributed by atoms with Gasteiger partial charge in [0.2, 0.25) is 5.91 Å². The lowest BCUT2D eigenvalue weighted by molar-refractivity contribution is -0.117. The molecular weight excluding hydrogens is 400 g/mol. The molecule has 1 aromatic carbocycles. The summed E-state index contributed by atoms with van der Waals surface area (Å²) >= 11 is 10.0. The van der Waals surface area contributed by atoms with Gasteiger partial charge < -0.3 is 5.73 Å². The number of nitrogens with one attached hydrogen (secondary N) is 1. The van der Waals surface area contributed by atoms with E-state index in [1.54, 1.807) is 24.3 Å². The van der Waals surface area contributed by atoms with E-state index in [1.165, 1.54) is 6.07 Å². The number of hydrogen-bond acceptors (Lipinski definition) is 4. The van der Waals surface area contributed by atoms with Gasteiger partial charge in [0.25, 0.3) is 10.0 Å². The highest BCUT2D eigenvalue weighted by molar-refractivity contribution is 9.11. The molecule has 0 unspecified atom stereocenters. The van der Waals surface area contributed by atoms with E-state index < -0.39 is 15.9 Å². The van der Waals surface area contributed by atoms with Crippen molar-refractivity contribution in [3.05, 3.63) is 44.7 Å². The van der Waals surface area contributed by atoms with Gasteiger partial charge in [0.15, 0.2) is 0 Å². The first-order chi connectivity index (χ1) is 9.78. The highest BCUT2D eigenvalue weighted by Crippen LogP contribution is 2.35. The fourth-order valence-corrected chi connectivity index (χ4v) is 5.01. The maximum Gasteiger partial charge on any atom is 0.271 e. The molecule has 0 aliphatic heterocycles. The largest absolute Gasteiger partial charge is 0.369 e. The Kier molecular flexibility index (Phi) is 4.92. The summed E-state index contributed by atoms with van der Waals surface area (Å²) in [5, 5.41) is 0.345. The molecule has 0 aliphatic carbocycles. The molecule has 0 saturated heterocycles. The van der Waals surface area contributed by atoms with Crippen molar-refractivity contribution >= 4 is 60.5 Å². The summed E-state index contributed by atoms with van der Waals surface area (Å²) in [7, 11) is -3.69. The van der Waals surface area contributed by atoms with Crippen LogP contribution in [0.5, 0.6) is 0 Å². The Morgan fingerprint density at radius 1 is 1.33 bits per heavy atom. The number of carbonyl (C=O) groups excluding carboxylic acids is 1. The van der Waals surface area contributed by atoms with E-state index in [0.717, 1.165) is 11.3 Å². The average Bonchev–Trinajstić information content (AvgIpc) is 2.72. The Morgan fingerprint density at radius 3 is 2.43 bits per heavy atom. The molecule has 0 atom stereocenters. The minimum Gasteiger partial charge on any atom is -0.369 e. The van der Waals surface area contributed by atoms with Gasteiger partial charge in [-0.1, -0.05) is 23.7 Å². The van der Waals surface area contributed by atoms with E-state index in [1.807, 2.05) is 0 Å². The van der Waals surface area contributed by atoms with E-state index in [9.17, 15) is 13.2 Å². The molecule has 2 rings (SSSR count). The van der Waals surface area contributed by atoms with Crippen LogP contribution in [0.15, 0.2) is 38.3 Å². The van der Waals surface area contributed by atoms with Crippen molar-refractivity contribution in [2.45, 2.75) is 10.6 Å². The van der Waals surface area contributed by atoms with Gasteiger partial charge in [-0.15, -0.1) is 11.3 Å². The number of hydrogen-bond donors (Lipinski definition) is 2. The number of thiophene rings is 1. The van der Waals surface area contributed by atoms with Gasteiger partial charge in [-0.2, -0.15) is 0 Å². The van der Waals surface area contributed by atoms with Gasteiger partial charge in [0.05, 0.1) is 15.2 Å². The highest BCUT2D eigenvalue weighted by atomic mass is 79.9. The van der Waals surface area contributed by atoms with Crippen LogP contribution < -0.4 is 10.5 Å². The van der Waals surface area contributed by atoms with Crippen molar-refractivity contribution in [1.29, 1.82) is 0 Å². The van der Waals surface area contributed by atoms with Gasteiger partial charge in [-0.05, 0) is 39.7 Å². The fraction of sp³-hybridized carbons (Fsp3) is 0.0833. The number of rotatable bonds is 5. The highest BCUT2D eigenvalue weighted by Gasteiger charge is 2.19. The van der Waals surface area contributed by atoms with Crippen molar-refractivity contribution in [3.63, 3.8) is 0 Å². The number of amides is 1. The SMILES string of the molecule is NC(=O)Cc1ccc(NS(=O)(=O)c2cc(Cl)c(Br)s2)cc1. The predicted molar refractivity (Wildman–Crippen MR) is 87.2 cm³/mol. The second kappa shape index (κ2) is 6.35. The number of anilines is 1. The monoisotopic (exact) mass is 408 g/mol. The number of sulfonamides is 1. The molecule has 2 aromatic rings. The molecule has 112 valence electrons. The number of carbonyl (C=O) groups is 1. The smallest absolute Gasteiger partial charge is 0.271 e. The molecule has 0 aliphatic rings. The van der Waals surface area contributed by atoms with Gasteiger partial charge in [0, 0.05) is 5.69 Å². The van der Waals surface area contributed by atoms with Crippen LogP contribution in [0.3, 0.4) is 0 Å². The van der Waals surface area contributed by atoms with Gasteiger partial charge >= 0.3 is 0 Å². The third kappa shape index (κ3) is 4.19. The zero-order valence-electron chi connectivity index (χ0n) is 10.5. The number of nitrogens with two attached hydrogens (primary N) is 1. The van der Waals surface area contributed by atoms with Crippen LogP contribution in [0.1, 0.15) is 5.56 Å². The van der Waals surface area contributed by atoms with Crippen LogP contribution in [0.25, 0.3) is 0 Å². The summed E-state index contributed by atoms with van der Waals surface area (Å²) in [5.41, 5.74) is 6.20. The van der Waals surface area contributed by atoms with Crippen LogP contribution in [-0.2, 0) is 21.2 Å². The van der Waals surface area contributed by atoms with E-state index in [2.05, 4.69) is 20.7 Å². The quantitative estimate of drug-likeness (QED) is 0.795. The molecule has 0 spiro atoms. The minimum atomic E-state index is -3.69. The Labute approximate surface area is 139 Å². The molecule has 0 fully saturated rings. The summed E-state index contributed by atoms with van der Waals surface area (Å²) in [6, 6.07) is 7.79. The summed E-state index contributed by atoms with van der Waals surface area (Å²) in [6.45, 7) is 0. The Bertz CT molecular complexity index is 753. The van der Waals surface area contributed by atoms with E-state index in [-0.39, 0.29) is 10.6 Å². The third-order valence-electron chi connectivity index (χ3n) is 2.47. The summed E-state index contributed by atoms with van der Waals surface area (Å²) in [6.07, 6.45) is 0.112. The van der Waals surface area contributed by atoms with E-state index in [0.29, 0.717) is 20.1 Å². The van der Waals surface area contributed by atoms with Crippen molar-refractivity contribution in [2.24, 2.45) is 5.73 Å². The first-order valence-electron chi connectivity index (χ1n) is 5.63. The predicted octanol–water partition coefficient (Wildman–Crippen LogP) is 2.99. The second-order valence-corrected chi connectivity index (χ2v) is 8.82. The van der Waals surface area contributed by atoms with Crippen LogP contribution in [-0.4, -0.2) is 14.3 Å². The van der Waals surface area contributed by atoms with Crippen molar-refractivity contribution < 1.29 is 13.2 Å². The Hall–Kier alpha value is -1.09. The summed E-state index contributed by atoms with van der Waals surface area (Å²) < 4.78 is 27.5. The molecule has 3 N–H and O–H groups in total. The van der Waals surface area contributed by atoms with Crippen molar-refractivity contribution in [1.82, 2.24) is 0 Å². The molecule has 1 heterocycles. The third-order valence-corrected chi connectivity index (χ3v) is 6.80. The summed E-state index contributed by atoms with van der Waals surface area (Å²) in [4.78, 5) is 10.8. The van der Waals surface area contributed by atoms with E-state index in [4.69, 9.17) is 17.3 Å². The van der Waals surface area contributed by atoms with Crippen molar-refractivity contribution in [3.8, 4) is 0 Å². The molecule has 0 bridgehead atoms. The topological polar surface area (TPSA) is 89.3 Å². The van der Waals surface area contributed by atoms with E-state index >= 15 is 0 Å². The average molecular weight is 410 g/mol. The molecule has 5 nitrogen and oxygen atoms in total. The van der Waals surface area contributed by atoms with Gasteiger partial charge in [-0.25, -0.2) is 8.42 Å². The first-order valence-corrected chi connectivity index (χ1v) is 9.10. The van der Waals surface area contributed by atoms with Crippen molar-refractivity contribution in [2.75, 3.05) is 4.72 Å². The molecule has 0 saturated carbocycles. The lowest BCUT2D eigenvalue weighted by Gasteiger charge is -2.06. The fourth-order valence-electron chi connectivity index (χ4n) is 1.56. The second-order valence-electron chi connectivity index (χ2n) is 4.13. The van der Waals surface area contributed by atoms with Crippen LogP contribution in [0.2, 0.25) is 5.02 Å². The number of primary amides is 1. The minimum absolute atomic E-state index is 0.112. The zero-order valence-corrected chi connectivity index (χ0v) is 14.4. The van der Waals surface area contributed by atoms with Crippen LogP contribution in [0, 0.1) is 0 Å². The normalized spacial score (nSPS) is 11.3. The first kappa shape index (κ1) is 16.3. The standard InChI is InChI=1S/C12H10BrClN2O3S2/c13-12-9(14)6-11(20-12)21(18,19)16-8-3-1-7(2-4-8)5-10(15)17/h1-4,6,16H,5H2,(H2,15,17).